The van der Waals surface area contributed by atoms with Gasteiger partial charge in [-0.15, -0.1) is 0 Å². The van der Waals surface area contributed by atoms with Gasteiger partial charge in [0.15, 0.2) is 0 Å². The Bertz CT molecular complexity index is 551. The number of hydrogen-bond acceptors (Lipinski definition) is 2. The highest BCUT2D eigenvalue weighted by molar-refractivity contribution is 5.30. The molecular weight excluding hydrogens is 250 g/mol. The van der Waals surface area contributed by atoms with E-state index in [4.69, 9.17) is 4.74 Å². The highest BCUT2D eigenvalue weighted by Gasteiger charge is 2.09. The molecule has 0 aliphatic carbocycles. The van der Waals surface area contributed by atoms with Gasteiger partial charge in [0.1, 0.15) is 24.0 Å². The van der Waals surface area contributed by atoms with Crippen LogP contribution in [-0.2, 0) is 6.61 Å². The molecule has 0 heterocycles. The first-order chi connectivity index (χ1) is 9.06. The van der Waals surface area contributed by atoms with E-state index in [1.165, 1.54) is 31.2 Å². The molecule has 0 spiro atoms. The van der Waals surface area contributed by atoms with E-state index in [0.29, 0.717) is 5.75 Å². The Labute approximate surface area is 110 Å². The van der Waals surface area contributed by atoms with Crippen molar-refractivity contribution in [2.45, 2.75) is 19.6 Å². The van der Waals surface area contributed by atoms with Crippen molar-refractivity contribution in [2.75, 3.05) is 0 Å². The van der Waals surface area contributed by atoms with Gasteiger partial charge in [0.25, 0.3) is 0 Å². The van der Waals surface area contributed by atoms with Crippen LogP contribution in [0, 0.1) is 11.6 Å². The third-order valence-corrected chi connectivity index (χ3v) is 2.74. The molecule has 19 heavy (non-hydrogen) atoms. The van der Waals surface area contributed by atoms with Crippen molar-refractivity contribution in [2.24, 2.45) is 0 Å². The van der Waals surface area contributed by atoms with Crippen LogP contribution in [0.25, 0.3) is 0 Å². The maximum absolute atomic E-state index is 13.6. The van der Waals surface area contributed by atoms with Crippen LogP contribution in [0.3, 0.4) is 0 Å². The van der Waals surface area contributed by atoms with Gasteiger partial charge in [0, 0.05) is 11.6 Å². The third kappa shape index (κ3) is 3.51. The summed E-state index contributed by atoms with van der Waals surface area (Å²) in [5, 5.41) is 9.31. The van der Waals surface area contributed by atoms with Crippen LogP contribution < -0.4 is 4.74 Å². The van der Waals surface area contributed by atoms with Crippen LogP contribution in [-0.4, -0.2) is 5.11 Å². The molecule has 1 unspecified atom stereocenters. The van der Waals surface area contributed by atoms with Crippen LogP contribution in [0.4, 0.5) is 8.78 Å². The highest BCUT2D eigenvalue weighted by Crippen LogP contribution is 2.22. The molecule has 0 saturated heterocycles. The number of aliphatic hydroxyl groups excluding tert-OH is 1. The van der Waals surface area contributed by atoms with Gasteiger partial charge in [0.05, 0.1) is 6.10 Å². The van der Waals surface area contributed by atoms with Crippen molar-refractivity contribution in [3.8, 4) is 5.75 Å². The van der Waals surface area contributed by atoms with E-state index in [9.17, 15) is 13.9 Å². The second kappa shape index (κ2) is 5.80. The van der Waals surface area contributed by atoms with Gasteiger partial charge in [-0.3, -0.25) is 0 Å². The van der Waals surface area contributed by atoms with Crippen molar-refractivity contribution in [1.82, 2.24) is 0 Å². The predicted molar refractivity (Wildman–Crippen MR) is 67.8 cm³/mol. The predicted octanol–water partition coefficient (Wildman–Crippen LogP) is 3.60. The molecule has 0 aliphatic heterocycles. The lowest BCUT2D eigenvalue weighted by atomic mass is 10.1. The van der Waals surface area contributed by atoms with Crippen LogP contribution in [0.5, 0.6) is 5.75 Å². The van der Waals surface area contributed by atoms with Gasteiger partial charge < -0.3 is 9.84 Å². The fourth-order valence-electron chi connectivity index (χ4n) is 1.68. The summed E-state index contributed by atoms with van der Waals surface area (Å²) in [6.45, 7) is 1.73. The normalized spacial score (nSPS) is 12.2. The monoisotopic (exact) mass is 264 g/mol. The summed E-state index contributed by atoms with van der Waals surface area (Å²) >= 11 is 0. The summed E-state index contributed by atoms with van der Waals surface area (Å²) in [4.78, 5) is 0. The van der Waals surface area contributed by atoms with Crippen molar-refractivity contribution in [3.05, 3.63) is 65.2 Å². The molecule has 0 radical (unpaired) electrons. The maximum atomic E-state index is 13.6. The molecule has 100 valence electrons. The number of halogens is 2. The molecule has 0 amide bonds. The van der Waals surface area contributed by atoms with Gasteiger partial charge >= 0.3 is 0 Å². The van der Waals surface area contributed by atoms with E-state index in [0.717, 1.165) is 5.56 Å². The van der Waals surface area contributed by atoms with Crippen molar-refractivity contribution in [3.63, 3.8) is 0 Å². The molecular formula is C15H14F2O2. The summed E-state index contributed by atoms with van der Waals surface area (Å²) in [7, 11) is 0. The zero-order valence-electron chi connectivity index (χ0n) is 10.4. The summed E-state index contributed by atoms with van der Waals surface area (Å²) in [5.74, 6) is -0.450. The Morgan fingerprint density at radius 3 is 2.37 bits per heavy atom. The van der Waals surface area contributed by atoms with Gasteiger partial charge in [0.2, 0.25) is 0 Å². The zero-order valence-corrected chi connectivity index (χ0v) is 10.4. The molecule has 0 saturated carbocycles. The summed E-state index contributed by atoms with van der Waals surface area (Å²) in [6.07, 6.45) is -0.855. The van der Waals surface area contributed by atoms with E-state index in [1.807, 2.05) is 0 Å². The van der Waals surface area contributed by atoms with Crippen LogP contribution in [0.2, 0.25) is 0 Å². The van der Waals surface area contributed by atoms with Crippen molar-refractivity contribution < 1.29 is 18.6 Å². The molecule has 0 aliphatic rings. The van der Waals surface area contributed by atoms with E-state index < -0.39 is 11.9 Å². The second-order valence-corrected chi connectivity index (χ2v) is 4.27. The lowest BCUT2D eigenvalue weighted by molar-refractivity contribution is 0.194. The summed E-state index contributed by atoms with van der Waals surface area (Å²) < 4.78 is 31.7. The van der Waals surface area contributed by atoms with E-state index in [-0.39, 0.29) is 18.0 Å². The van der Waals surface area contributed by atoms with Gasteiger partial charge in [-0.2, -0.15) is 0 Å². The maximum Gasteiger partial charge on any atom is 0.132 e. The first-order valence-electron chi connectivity index (χ1n) is 5.91. The average molecular weight is 264 g/mol. The van der Waals surface area contributed by atoms with Gasteiger partial charge in [-0.05, 0) is 36.8 Å². The highest BCUT2D eigenvalue weighted by atomic mass is 19.1. The Kier molecular flexibility index (Phi) is 4.12. The summed E-state index contributed by atoms with van der Waals surface area (Å²) in [5.41, 5.74) is 1.02. The lowest BCUT2D eigenvalue weighted by Gasteiger charge is -2.10. The SMILES string of the molecule is CC(O)c1ccc(OCc2ccc(F)cc2)cc1F. The lowest BCUT2D eigenvalue weighted by Crippen LogP contribution is -1.99. The average Bonchev–Trinajstić information content (AvgIpc) is 2.37. The van der Waals surface area contributed by atoms with Crippen LogP contribution in [0.15, 0.2) is 42.5 Å². The quantitative estimate of drug-likeness (QED) is 0.914. The minimum absolute atomic E-state index is 0.230. The van der Waals surface area contributed by atoms with Crippen LogP contribution >= 0.6 is 0 Å². The fraction of sp³-hybridized carbons (Fsp3) is 0.200. The Morgan fingerprint density at radius 2 is 1.79 bits per heavy atom. The smallest absolute Gasteiger partial charge is 0.132 e. The van der Waals surface area contributed by atoms with Gasteiger partial charge in [-0.1, -0.05) is 12.1 Å². The Balaban J connectivity index is 2.04. The second-order valence-electron chi connectivity index (χ2n) is 4.27. The number of hydrogen-bond donors (Lipinski definition) is 1. The molecule has 1 atom stereocenters. The number of benzene rings is 2. The first kappa shape index (κ1) is 13.5. The number of ether oxygens (including phenoxy) is 1. The molecule has 0 bridgehead atoms. The zero-order chi connectivity index (χ0) is 13.8. The van der Waals surface area contributed by atoms with Crippen molar-refractivity contribution in [1.29, 1.82) is 0 Å². The standard InChI is InChI=1S/C15H14F2O2/c1-10(18)14-7-6-13(8-15(14)17)19-9-11-2-4-12(16)5-3-11/h2-8,10,18H,9H2,1H3. The fourth-order valence-corrected chi connectivity index (χ4v) is 1.68. The first-order valence-corrected chi connectivity index (χ1v) is 5.91. The molecule has 2 aromatic rings. The number of aliphatic hydroxyl groups is 1. The molecule has 2 aromatic carbocycles. The molecule has 1 N–H and O–H groups in total. The molecule has 4 heteroatoms. The molecule has 2 nitrogen and oxygen atoms in total. The van der Waals surface area contributed by atoms with E-state index in [2.05, 4.69) is 0 Å². The van der Waals surface area contributed by atoms with Gasteiger partial charge in [-0.25, -0.2) is 8.78 Å². The Hall–Kier alpha value is -1.94. The largest absolute Gasteiger partial charge is 0.489 e. The number of rotatable bonds is 4. The van der Waals surface area contributed by atoms with Crippen LogP contribution in [0.1, 0.15) is 24.2 Å². The molecule has 2 rings (SSSR count). The molecule has 0 aromatic heterocycles. The third-order valence-electron chi connectivity index (χ3n) is 2.74. The Morgan fingerprint density at radius 1 is 1.11 bits per heavy atom. The minimum atomic E-state index is -0.855. The minimum Gasteiger partial charge on any atom is -0.489 e. The van der Waals surface area contributed by atoms with Crippen molar-refractivity contribution >= 4 is 0 Å². The summed E-state index contributed by atoms with van der Waals surface area (Å²) in [6, 6.07) is 10.2. The topological polar surface area (TPSA) is 29.5 Å². The van der Waals surface area contributed by atoms with E-state index >= 15 is 0 Å². The van der Waals surface area contributed by atoms with E-state index in [1.54, 1.807) is 18.2 Å². The molecule has 0 fully saturated rings.